The molecule has 2 nitrogen and oxygen atoms in total. The zero-order valence-corrected chi connectivity index (χ0v) is 9.81. The monoisotopic (exact) mass is 198 g/mol. The Morgan fingerprint density at radius 2 is 1.79 bits per heavy atom. The Morgan fingerprint density at radius 1 is 1.00 bits per heavy atom. The van der Waals surface area contributed by atoms with Crippen LogP contribution in [0, 0.1) is 0 Å². The van der Waals surface area contributed by atoms with Gasteiger partial charge in [-0.1, -0.05) is 39.5 Å². The van der Waals surface area contributed by atoms with E-state index in [-0.39, 0.29) is 0 Å². The second-order valence-electron chi connectivity index (χ2n) is 4.48. The topological polar surface area (TPSA) is 24.1 Å². The lowest BCUT2D eigenvalue weighted by Gasteiger charge is -2.31. The molecule has 14 heavy (non-hydrogen) atoms. The first-order chi connectivity index (χ1) is 6.86. The molecule has 2 atom stereocenters. The minimum absolute atomic E-state index is 0.708. The minimum Gasteiger partial charge on any atom is -0.314 e. The summed E-state index contributed by atoms with van der Waals surface area (Å²) in [7, 11) is 0. The molecule has 1 saturated heterocycles. The maximum absolute atomic E-state index is 3.72. The van der Waals surface area contributed by atoms with Crippen LogP contribution in [-0.2, 0) is 0 Å². The van der Waals surface area contributed by atoms with Gasteiger partial charge in [-0.25, -0.2) is 0 Å². The van der Waals surface area contributed by atoms with Gasteiger partial charge in [0.05, 0.1) is 0 Å². The molecule has 2 N–H and O–H groups in total. The third kappa shape index (κ3) is 4.43. The highest BCUT2D eigenvalue weighted by atomic mass is 15.1. The Morgan fingerprint density at radius 3 is 2.50 bits per heavy atom. The van der Waals surface area contributed by atoms with Crippen LogP contribution in [0.3, 0.4) is 0 Å². The Bertz CT molecular complexity index is 136. The Kier molecular flexibility index (Phi) is 6.20. The summed E-state index contributed by atoms with van der Waals surface area (Å²) in [5.41, 5.74) is 0. The Hall–Kier alpha value is -0.0800. The van der Waals surface area contributed by atoms with Crippen LogP contribution in [0.5, 0.6) is 0 Å². The first-order valence-electron chi connectivity index (χ1n) is 6.33. The largest absolute Gasteiger partial charge is 0.314 e. The van der Waals surface area contributed by atoms with Crippen LogP contribution >= 0.6 is 0 Å². The average Bonchev–Trinajstić information content (AvgIpc) is 2.25. The molecule has 2 unspecified atom stereocenters. The number of hydrogen-bond acceptors (Lipinski definition) is 2. The van der Waals surface area contributed by atoms with Crippen molar-refractivity contribution in [1.29, 1.82) is 0 Å². The Balaban J connectivity index is 2.05. The molecule has 0 aromatic heterocycles. The van der Waals surface area contributed by atoms with Crippen LogP contribution < -0.4 is 10.6 Å². The molecule has 0 aliphatic carbocycles. The molecule has 84 valence electrons. The van der Waals surface area contributed by atoms with E-state index in [1.165, 1.54) is 45.1 Å². The SMILES string of the molecule is CCCCCCC1CNCC(CC)N1. The summed E-state index contributed by atoms with van der Waals surface area (Å²) in [4.78, 5) is 0. The van der Waals surface area contributed by atoms with Crippen LogP contribution in [0.4, 0.5) is 0 Å². The zero-order chi connectivity index (χ0) is 10.2. The summed E-state index contributed by atoms with van der Waals surface area (Å²) in [5, 5.41) is 7.23. The lowest BCUT2D eigenvalue weighted by atomic mass is 10.0. The van der Waals surface area contributed by atoms with Gasteiger partial charge in [0.15, 0.2) is 0 Å². The van der Waals surface area contributed by atoms with Gasteiger partial charge in [-0.2, -0.15) is 0 Å². The summed E-state index contributed by atoms with van der Waals surface area (Å²) in [6.45, 7) is 6.86. The van der Waals surface area contributed by atoms with Gasteiger partial charge >= 0.3 is 0 Å². The molecule has 0 saturated carbocycles. The number of hydrogen-bond donors (Lipinski definition) is 2. The van der Waals surface area contributed by atoms with Crippen molar-refractivity contribution >= 4 is 0 Å². The first-order valence-corrected chi connectivity index (χ1v) is 6.33. The summed E-state index contributed by atoms with van der Waals surface area (Å²) in [6.07, 6.45) is 8.14. The van der Waals surface area contributed by atoms with E-state index in [1.54, 1.807) is 0 Å². The maximum Gasteiger partial charge on any atom is 0.0195 e. The highest BCUT2D eigenvalue weighted by Gasteiger charge is 2.18. The molecule has 1 rings (SSSR count). The fourth-order valence-corrected chi connectivity index (χ4v) is 2.15. The van der Waals surface area contributed by atoms with Crippen LogP contribution in [-0.4, -0.2) is 25.2 Å². The lowest BCUT2D eigenvalue weighted by molar-refractivity contribution is 0.313. The van der Waals surface area contributed by atoms with Gasteiger partial charge in [0.1, 0.15) is 0 Å². The molecule has 1 heterocycles. The quantitative estimate of drug-likeness (QED) is 0.640. The van der Waals surface area contributed by atoms with E-state index in [9.17, 15) is 0 Å². The molecule has 0 aromatic carbocycles. The number of unbranched alkanes of at least 4 members (excludes halogenated alkanes) is 3. The van der Waals surface area contributed by atoms with Crippen LogP contribution in [0.1, 0.15) is 52.4 Å². The van der Waals surface area contributed by atoms with Crippen molar-refractivity contribution in [2.24, 2.45) is 0 Å². The minimum atomic E-state index is 0.708. The van der Waals surface area contributed by atoms with Crippen molar-refractivity contribution in [2.45, 2.75) is 64.5 Å². The van der Waals surface area contributed by atoms with Crippen molar-refractivity contribution in [2.75, 3.05) is 13.1 Å². The second-order valence-corrected chi connectivity index (χ2v) is 4.48. The molecule has 0 amide bonds. The maximum atomic E-state index is 3.72. The summed E-state index contributed by atoms with van der Waals surface area (Å²) < 4.78 is 0. The molecule has 1 aliphatic heterocycles. The standard InChI is InChI=1S/C12H26N2/c1-3-5-6-7-8-12-10-13-9-11(4-2)14-12/h11-14H,3-10H2,1-2H3. The molecule has 0 aromatic rings. The predicted molar refractivity (Wildman–Crippen MR) is 62.6 cm³/mol. The lowest BCUT2D eigenvalue weighted by Crippen LogP contribution is -2.54. The van der Waals surface area contributed by atoms with Crippen LogP contribution in [0.2, 0.25) is 0 Å². The third-order valence-corrected chi connectivity index (χ3v) is 3.15. The van der Waals surface area contributed by atoms with Gasteiger partial charge in [-0.05, 0) is 12.8 Å². The molecule has 1 fully saturated rings. The molecule has 1 aliphatic rings. The Labute approximate surface area is 88.8 Å². The second kappa shape index (κ2) is 7.24. The normalized spacial score (nSPS) is 27.9. The predicted octanol–water partition coefficient (Wildman–Crippen LogP) is 2.30. The van der Waals surface area contributed by atoms with Gasteiger partial charge in [-0.15, -0.1) is 0 Å². The van der Waals surface area contributed by atoms with Gasteiger partial charge in [-0.3, -0.25) is 0 Å². The average molecular weight is 198 g/mol. The fourth-order valence-electron chi connectivity index (χ4n) is 2.15. The van der Waals surface area contributed by atoms with Gasteiger partial charge < -0.3 is 10.6 Å². The smallest absolute Gasteiger partial charge is 0.0195 e. The van der Waals surface area contributed by atoms with E-state index in [0.717, 1.165) is 12.6 Å². The van der Waals surface area contributed by atoms with Crippen LogP contribution in [0.15, 0.2) is 0 Å². The van der Waals surface area contributed by atoms with E-state index in [4.69, 9.17) is 0 Å². The summed E-state index contributed by atoms with van der Waals surface area (Å²) in [5.74, 6) is 0. The highest BCUT2D eigenvalue weighted by molar-refractivity contribution is 4.82. The van der Waals surface area contributed by atoms with Crippen molar-refractivity contribution in [3.63, 3.8) is 0 Å². The number of nitrogens with one attached hydrogen (secondary N) is 2. The fraction of sp³-hybridized carbons (Fsp3) is 1.00. The zero-order valence-electron chi connectivity index (χ0n) is 9.81. The number of piperazine rings is 1. The highest BCUT2D eigenvalue weighted by Crippen LogP contribution is 2.08. The van der Waals surface area contributed by atoms with Crippen molar-refractivity contribution in [1.82, 2.24) is 10.6 Å². The van der Waals surface area contributed by atoms with E-state index in [2.05, 4.69) is 24.5 Å². The molecule has 0 radical (unpaired) electrons. The van der Waals surface area contributed by atoms with Crippen molar-refractivity contribution < 1.29 is 0 Å². The van der Waals surface area contributed by atoms with Gasteiger partial charge in [0.2, 0.25) is 0 Å². The van der Waals surface area contributed by atoms with Crippen molar-refractivity contribution in [3.05, 3.63) is 0 Å². The molecular formula is C12H26N2. The van der Waals surface area contributed by atoms with E-state index >= 15 is 0 Å². The van der Waals surface area contributed by atoms with Crippen molar-refractivity contribution in [3.8, 4) is 0 Å². The molecule has 0 spiro atoms. The van der Waals surface area contributed by atoms with E-state index < -0.39 is 0 Å². The van der Waals surface area contributed by atoms with E-state index in [0.29, 0.717) is 6.04 Å². The van der Waals surface area contributed by atoms with Crippen LogP contribution in [0.25, 0.3) is 0 Å². The molecule has 0 bridgehead atoms. The third-order valence-electron chi connectivity index (χ3n) is 3.15. The number of rotatable bonds is 6. The molecular weight excluding hydrogens is 172 g/mol. The van der Waals surface area contributed by atoms with E-state index in [1.807, 2.05) is 0 Å². The summed E-state index contributed by atoms with van der Waals surface area (Å²) >= 11 is 0. The summed E-state index contributed by atoms with van der Waals surface area (Å²) in [6, 6.07) is 1.44. The van der Waals surface area contributed by atoms with Gasteiger partial charge in [0.25, 0.3) is 0 Å². The van der Waals surface area contributed by atoms with Gasteiger partial charge in [0, 0.05) is 25.2 Å². The first kappa shape index (κ1) is 12.0. The molecule has 2 heteroatoms.